The number of nitrogens with zero attached hydrogens (tertiary/aromatic N) is 1. The summed E-state index contributed by atoms with van der Waals surface area (Å²) in [4.78, 5) is 2.22. The second kappa shape index (κ2) is 3.75. The highest BCUT2D eigenvalue weighted by molar-refractivity contribution is 4.76. The number of aliphatic hydroxyl groups is 1. The molecule has 1 fully saturated rings. The van der Waals surface area contributed by atoms with Crippen LogP contribution < -0.4 is 0 Å². The summed E-state index contributed by atoms with van der Waals surface area (Å²) in [7, 11) is 2.08. The fourth-order valence-corrected chi connectivity index (χ4v) is 1.55. The van der Waals surface area contributed by atoms with Gasteiger partial charge in [-0.1, -0.05) is 12.8 Å². The minimum absolute atomic E-state index is 0.543. The van der Waals surface area contributed by atoms with Crippen LogP contribution in [0.5, 0.6) is 0 Å². The Morgan fingerprint density at radius 1 is 1.42 bits per heavy atom. The molecule has 1 rings (SSSR count). The minimum atomic E-state index is -0.543. The molecule has 72 valence electrons. The summed E-state index contributed by atoms with van der Waals surface area (Å²) in [6, 6.07) is 0. The lowest BCUT2D eigenvalue weighted by Crippen LogP contribution is -2.36. The van der Waals surface area contributed by atoms with Crippen LogP contribution in [0.4, 0.5) is 0 Å². The van der Waals surface area contributed by atoms with Gasteiger partial charge in [-0.3, -0.25) is 0 Å². The first-order valence-electron chi connectivity index (χ1n) is 4.88. The molecule has 12 heavy (non-hydrogen) atoms. The molecule has 0 bridgehead atoms. The van der Waals surface area contributed by atoms with E-state index >= 15 is 0 Å². The van der Waals surface area contributed by atoms with Gasteiger partial charge in [-0.2, -0.15) is 0 Å². The van der Waals surface area contributed by atoms with E-state index in [1.165, 1.54) is 19.3 Å². The summed E-state index contributed by atoms with van der Waals surface area (Å²) in [5.41, 5.74) is -0.543. The maximum Gasteiger partial charge on any atom is 0.0718 e. The zero-order valence-electron chi connectivity index (χ0n) is 8.51. The lowest BCUT2D eigenvalue weighted by atomic mass is 10.1. The van der Waals surface area contributed by atoms with E-state index in [1.807, 2.05) is 13.8 Å². The molecule has 0 spiro atoms. The number of likely N-dealkylation sites (N-methyl/N-ethyl adjacent to an activating group) is 1. The Morgan fingerprint density at radius 2 is 2.00 bits per heavy atom. The number of hydrogen-bond acceptors (Lipinski definition) is 2. The zero-order chi connectivity index (χ0) is 9.19. The van der Waals surface area contributed by atoms with Crippen LogP contribution in [0.25, 0.3) is 0 Å². The zero-order valence-corrected chi connectivity index (χ0v) is 8.51. The van der Waals surface area contributed by atoms with Crippen LogP contribution in [0, 0.1) is 5.92 Å². The third kappa shape index (κ3) is 4.73. The van der Waals surface area contributed by atoms with Crippen LogP contribution in [0.15, 0.2) is 0 Å². The van der Waals surface area contributed by atoms with Gasteiger partial charge in [0.05, 0.1) is 5.60 Å². The van der Waals surface area contributed by atoms with Crippen molar-refractivity contribution in [2.24, 2.45) is 5.92 Å². The van der Waals surface area contributed by atoms with Crippen LogP contribution >= 0.6 is 0 Å². The molecule has 1 N–H and O–H groups in total. The molecular weight excluding hydrogens is 150 g/mol. The van der Waals surface area contributed by atoms with Gasteiger partial charge in [0.15, 0.2) is 0 Å². The molecule has 1 aliphatic carbocycles. The second-order valence-electron chi connectivity index (χ2n) is 4.78. The third-order valence-corrected chi connectivity index (χ3v) is 2.27. The summed E-state index contributed by atoms with van der Waals surface area (Å²) in [6.45, 7) is 5.63. The molecule has 0 atom stereocenters. The predicted molar refractivity (Wildman–Crippen MR) is 51.1 cm³/mol. The van der Waals surface area contributed by atoms with Gasteiger partial charge in [-0.25, -0.2) is 0 Å². The summed E-state index contributed by atoms with van der Waals surface area (Å²) in [6.07, 6.45) is 4.17. The minimum Gasteiger partial charge on any atom is -0.389 e. The molecule has 2 heteroatoms. The van der Waals surface area contributed by atoms with Crippen molar-refractivity contribution in [3.05, 3.63) is 0 Å². The van der Waals surface area contributed by atoms with Crippen LogP contribution in [0.2, 0.25) is 0 Å². The molecule has 0 aromatic carbocycles. The second-order valence-corrected chi connectivity index (χ2v) is 4.78. The van der Waals surface area contributed by atoms with E-state index in [1.54, 1.807) is 0 Å². The normalized spacial score (nSPS) is 18.8. The highest BCUT2D eigenvalue weighted by Gasteiger charge is 2.22. The van der Waals surface area contributed by atoms with E-state index in [0.29, 0.717) is 0 Å². The lowest BCUT2D eigenvalue weighted by Gasteiger charge is -2.25. The summed E-state index contributed by atoms with van der Waals surface area (Å²) < 4.78 is 0. The van der Waals surface area contributed by atoms with Gasteiger partial charge in [0.1, 0.15) is 0 Å². The summed E-state index contributed by atoms with van der Waals surface area (Å²) in [5, 5.41) is 9.53. The van der Waals surface area contributed by atoms with Crippen molar-refractivity contribution in [2.45, 2.75) is 38.7 Å². The Morgan fingerprint density at radius 3 is 2.42 bits per heavy atom. The Labute approximate surface area is 75.6 Å². The Hall–Kier alpha value is -0.0800. The SMILES string of the molecule is CN(CCC1CC1)CC(C)(C)O. The summed E-state index contributed by atoms with van der Waals surface area (Å²) >= 11 is 0. The van der Waals surface area contributed by atoms with Crippen molar-refractivity contribution in [3.8, 4) is 0 Å². The maximum atomic E-state index is 9.53. The van der Waals surface area contributed by atoms with Gasteiger partial charge in [0.2, 0.25) is 0 Å². The Kier molecular flexibility index (Phi) is 3.13. The van der Waals surface area contributed by atoms with Crippen LogP contribution in [-0.2, 0) is 0 Å². The van der Waals surface area contributed by atoms with E-state index in [0.717, 1.165) is 19.0 Å². The van der Waals surface area contributed by atoms with E-state index in [9.17, 15) is 5.11 Å². The van der Waals surface area contributed by atoms with Crippen molar-refractivity contribution in [1.82, 2.24) is 4.90 Å². The van der Waals surface area contributed by atoms with E-state index < -0.39 is 5.60 Å². The van der Waals surface area contributed by atoms with Crippen LogP contribution in [0.3, 0.4) is 0 Å². The first-order chi connectivity index (χ1) is 5.47. The first kappa shape index (κ1) is 10.0. The Balaban J connectivity index is 2.05. The molecule has 0 heterocycles. The van der Waals surface area contributed by atoms with Gasteiger partial charge in [0.25, 0.3) is 0 Å². The van der Waals surface area contributed by atoms with Crippen LogP contribution in [0.1, 0.15) is 33.1 Å². The van der Waals surface area contributed by atoms with E-state index in [-0.39, 0.29) is 0 Å². The maximum absolute atomic E-state index is 9.53. The molecular formula is C10H21NO. The quantitative estimate of drug-likeness (QED) is 0.677. The van der Waals surface area contributed by atoms with Crippen molar-refractivity contribution in [3.63, 3.8) is 0 Å². The fraction of sp³-hybridized carbons (Fsp3) is 1.00. The predicted octanol–water partition coefficient (Wildman–Crippen LogP) is 1.49. The lowest BCUT2D eigenvalue weighted by molar-refractivity contribution is 0.0439. The Bertz CT molecular complexity index is 135. The van der Waals surface area contributed by atoms with Crippen molar-refractivity contribution < 1.29 is 5.11 Å². The topological polar surface area (TPSA) is 23.5 Å². The average molecular weight is 171 g/mol. The summed E-state index contributed by atoms with van der Waals surface area (Å²) in [5.74, 6) is 0.995. The monoisotopic (exact) mass is 171 g/mol. The standard InChI is InChI=1S/C10H21NO/c1-10(2,12)8-11(3)7-6-9-4-5-9/h9,12H,4-8H2,1-3H3. The third-order valence-electron chi connectivity index (χ3n) is 2.27. The van der Waals surface area contributed by atoms with Crippen molar-refractivity contribution in [1.29, 1.82) is 0 Å². The van der Waals surface area contributed by atoms with Gasteiger partial charge in [0, 0.05) is 6.54 Å². The highest BCUT2D eigenvalue weighted by Crippen LogP contribution is 2.32. The number of hydrogen-bond donors (Lipinski definition) is 1. The molecule has 1 aliphatic rings. The van der Waals surface area contributed by atoms with Crippen LogP contribution in [-0.4, -0.2) is 35.7 Å². The molecule has 1 saturated carbocycles. The largest absolute Gasteiger partial charge is 0.389 e. The molecule has 0 aromatic rings. The van der Waals surface area contributed by atoms with Gasteiger partial charge in [-0.05, 0) is 39.8 Å². The molecule has 0 radical (unpaired) electrons. The fourth-order valence-electron chi connectivity index (χ4n) is 1.55. The number of rotatable bonds is 5. The molecule has 0 aromatic heterocycles. The average Bonchev–Trinajstić information content (AvgIpc) is 2.61. The first-order valence-corrected chi connectivity index (χ1v) is 4.88. The van der Waals surface area contributed by atoms with Gasteiger partial charge < -0.3 is 10.0 Å². The molecule has 0 saturated heterocycles. The smallest absolute Gasteiger partial charge is 0.0718 e. The van der Waals surface area contributed by atoms with Crippen molar-refractivity contribution in [2.75, 3.05) is 20.1 Å². The highest BCUT2D eigenvalue weighted by atomic mass is 16.3. The molecule has 0 aliphatic heterocycles. The van der Waals surface area contributed by atoms with Crippen molar-refractivity contribution >= 4 is 0 Å². The molecule has 0 amide bonds. The van der Waals surface area contributed by atoms with Gasteiger partial charge >= 0.3 is 0 Å². The van der Waals surface area contributed by atoms with E-state index in [2.05, 4.69) is 11.9 Å². The molecule has 2 nitrogen and oxygen atoms in total. The molecule has 0 unspecified atom stereocenters. The van der Waals surface area contributed by atoms with Gasteiger partial charge in [-0.15, -0.1) is 0 Å². The van der Waals surface area contributed by atoms with E-state index in [4.69, 9.17) is 0 Å².